The van der Waals surface area contributed by atoms with Crippen molar-refractivity contribution in [3.05, 3.63) is 70.8 Å². The maximum Gasteiger partial charge on any atom is 0.410 e. The lowest BCUT2D eigenvalue weighted by Gasteiger charge is -2.33. The van der Waals surface area contributed by atoms with Crippen LogP contribution in [-0.2, 0) is 17.6 Å². The fourth-order valence-electron chi connectivity index (χ4n) is 6.21. The van der Waals surface area contributed by atoms with E-state index in [4.69, 9.17) is 26.2 Å². The number of benzene rings is 1. The van der Waals surface area contributed by atoms with Crippen LogP contribution in [0, 0.1) is 0 Å². The molecular formula is C34H36ClFN6O3S. The van der Waals surface area contributed by atoms with Crippen LogP contribution in [0.15, 0.2) is 54.5 Å². The molecule has 240 valence electrons. The number of alkyl halides is 1. The quantitative estimate of drug-likeness (QED) is 0.222. The van der Waals surface area contributed by atoms with Crippen molar-refractivity contribution in [2.45, 2.75) is 70.7 Å². The lowest BCUT2D eigenvalue weighted by molar-refractivity contribution is 0.0184. The molecule has 0 saturated carbocycles. The van der Waals surface area contributed by atoms with Crippen LogP contribution in [0.1, 0.15) is 57.3 Å². The fourth-order valence-corrected chi connectivity index (χ4v) is 7.67. The predicted octanol–water partition coefficient (Wildman–Crippen LogP) is 8.23. The SMILES string of the molecule is CC(C)(C)OC(=O)N1CCC(n2cc3c(n2)CCc2c-3sc3ncnc(Nc4ccc(OCC5=CC(F)CC=C5)c(Cl)c4)c23)CC1. The van der Waals surface area contributed by atoms with Gasteiger partial charge in [-0.3, -0.25) is 4.68 Å². The number of fused-ring (bicyclic) bond motifs is 5. The zero-order chi connectivity index (χ0) is 32.0. The highest BCUT2D eigenvalue weighted by molar-refractivity contribution is 7.22. The average Bonchev–Trinajstić information content (AvgIpc) is 3.62. The Kier molecular flexibility index (Phi) is 8.23. The second-order valence-corrected chi connectivity index (χ2v) is 14.3. The van der Waals surface area contributed by atoms with Crippen molar-refractivity contribution in [2.24, 2.45) is 0 Å². The van der Waals surface area contributed by atoms with Crippen LogP contribution in [0.25, 0.3) is 20.7 Å². The first kappa shape index (κ1) is 30.7. The molecule has 1 atom stereocenters. The summed E-state index contributed by atoms with van der Waals surface area (Å²) >= 11 is 8.25. The van der Waals surface area contributed by atoms with Gasteiger partial charge < -0.3 is 19.7 Å². The van der Waals surface area contributed by atoms with Crippen molar-refractivity contribution in [3.63, 3.8) is 0 Å². The van der Waals surface area contributed by atoms with Crippen LogP contribution in [-0.4, -0.2) is 62.2 Å². The summed E-state index contributed by atoms with van der Waals surface area (Å²) in [5, 5.41) is 9.93. The Morgan fingerprint density at radius 3 is 2.78 bits per heavy atom. The van der Waals surface area contributed by atoms with Crippen LogP contribution >= 0.6 is 22.9 Å². The van der Waals surface area contributed by atoms with E-state index in [-0.39, 0.29) is 18.7 Å². The number of hydrogen-bond donors (Lipinski definition) is 1. The number of amides is 1. The first-order valence-corrected chi connectivity index (χ1v) is 16.8. The van der Waals surface area contributed by atoms with E-state index in [9.17, 15) is 9.18 Å². The number of ether oxygens (including phenoxy) is 2. The van der Waals surface area contributed by atoms with Gasteiger partial charge in [0.25, 0.3) is 0 Å². The molecule has 1 saturated heterocycles. The molecule has 1 fully saturated rings. The van der Waals surface area contributed by atoms with Gasteiger partial charge in [-0.05, 0) is 81.9 Å². The lowest BCUT2D eigenvalue weighted by atomic mass is 9.95. The van der Waals surface area contributed by atoms with Crippen molar-refractivity contribution in [1.29, 1.82) is 0 Å². The summed E-state index contributed by atoms with van der Waals surface area (Å²) < 4.78 is 27.2. The molecule has 0 bridgehead atoms. The Morgan fingerprint density at radius 2 is 2.02 bits per heavy atom. The molecule has 0 spiro atoms. The molecule has 0 radical (unpaired) electrons. The molecule has 1 unspecified atom stereocenters. The molecule has 9 nitrogen and oxygen atoms in total. The van der Waals surface area contributed by atoms with Crippen molar-refractivity contribution in [2.75, 3.05) is 25.0 Å². The number of nitrogens with zero attached hydrogens (tertiary/aromatic N) is 5. The molecule has 1 aliphatic heterocycles. The third kappa shape index (κ3) is 6.35. The number of anilines is 2. The van der Waals surface area contributed by atoms with Crippen LogP contribution in [0.2, 0.25) is 5.02 Å². The summed E-state index contributed by atoms with van der Waals surface area (Å²) in [7, 11) is 0. The number of halogens is 2. The zero-order valence-electron chi connectivity index (χ0n) is 26.1. The second-order valence-electron chi connectivity index (χ2n) is 12.9. The van der Waals surface area contributed by atoms with Crippen LogP contribution in [0.4, 0.5) is 20.7 Å². The maximum atomic E-state index is 13.7. The molecule has 3 aliphatic rings. The fraction of sp³-hybridized carbons (Fsp3) is 0.412. The molecule has 3 aromatic heterocycles. The van der Waals surface area contributed by atoms with Gasteiger partial charge in [0.2, 0.25) is 0 Å². The van der Waals surface area contributed by atoms with Gasteiger partial charge in [0.15, 0.2) is 0 Å². The summed E-state index contributed by atoms with van der Waals surface area (Å²) in [5.41, 5.74) is 4.54. The largest absolute Gasteiger partial charge is 0.487 e. The normalized spacial score (nSPS) is 18.2. The van der Waals surface area contributed by atoms with Gasteiger partial charge in [0, 0.05) is 41.8 Å². The van der Waals surface area contributed by atoms with E-state index in [2.05, 4.69) is 26.2 Å². The standard InChI is InChI=1S/C34H36ClFN6O3S/c1-34(2,3)45-33(43)41-13-11-23(12-14-41)42-17-25-27(40-42)9-8-24-29-31(37-19-38-32(29)46-30(24)25)39-22-7-10-28(26(35)16-22)44-18-20-5-4-6-21(36)15-20/h4-5,7,10,15-17,19,21,23H,6,8-9,11-14,18H2,1-3H3,(H,37,38,39). The number of aryl methyl sites for hydroxylation is 2. The number of likely N-dealkylation sites (tertiary alicyclic amines) is 1. The third-order valence-electron chi connectivity index (χ3n) is 8.42. The highest BCUT2D eigenvalue weighted by Gasteiger charge is 2.31. The number of piperidine rings is 1. The minimum absolute atomic E-state index is 0.229. The van der Waals surface area contributed by atoms with Crippen molar-refractivity contribution in [1.82, 2.24) is 24.6 Å². The van der Waals surface area contributed by atoms with Gasteiger partial charge in [-0.25, -0.2) is 19.2 Å². The van der Waals surface area contributed by atoms with E-state index in [1.807, 2.05) is 51.1 Å². The Bertz CT molecular complexity index is 1850. The summed E-state index contributed by atoms with van der Waals surface area (Å²) in [5.74, 6) is 1.26. The zero-order valence-corrected chi connectivity index (χ0v) is 27.6. The van der Waals surface area contributed by atoms with Gasteiger partial charge in [-0.2, -0.15) is 5.10 Å². The highest BCUT2D eigenvalue weighted by Crippen LogP contribution is 2.46. The van der Waals surface area contributed by atoms with E-state index < -0.39 is 11.8 Å². The molecular weight excluding hydrogens is 627 g/mol. The summed E-state index contributed by atoms with van der Waals surface area (Å²) in [6.07, 6.45) is 11.5. The molecule has 46 heavy (non-hydrogen) atoms. The minimum Gasteiger partial charge on any atom is -0.487 e. The predicted molar refractivity (Wildman–Crippen MR) is 179 cm³/mol. The molecule has 7 rings (SSSR count). The van der Waals surface area contributed by atoms with E-state index in [0.29, 0.717) is 30.3 Å². The lowest BCUT2D eigenvalue weighted by Crippen LogP contribution is -2.42. The molecule has 4 heterocycles. The molecule has 2 aliphatic carbocycles. The Hall–Kier alpha value is -3.96. The van der Waals surface area contributed by atoms with Crippen LogP contribution < -0.4 is 10.1 Å². The molecule has 1 amide bonds. The molecule has 1 aromatic carbocycles. The summed E-state index contributed by atoms with van der Waals surface area (Å²) in [6, 6.07) is 5.74. The van der Waals surface area contributed by atoms with Crippen LogP contribution in [0.5, 0.6) is 5.75 Å². The number of aromatic nitrogens is 4. The van der Waals surface area contributed by atoms with Gasteiger partial charge >= 0.3 is 6.09 Å². The smallest absolute Gasteiger partial charge is 0.410 e. The first-order valence-electron chi connectivity index (χ1n) is 15.6. The number of hydrogen-bond acceptors (Lipinski definition) is 8. The van der Waals surface area contributed by atoms with Gasteiger partial charge in [-0.15, -0.1) is 11.3 Å². The van der Waals surface area contributed by atoms with Gasteiger partial charge in [0.05, 0.1) is 22.1 Å². The Morgan fingerprint density at radius 1 is 1.20 bits per heavy atom. The number of rotatable bonds is 6. The molecule has 1 N–H and O–H groups in total. The summed E-state index contributed by atoms with van der Waals surface area (Å²) in [6.45, 7) is 7.22. The van der Waals surface area contributed by atoms with E-state index in [0.717, 1.165) is 64.2 Å². The molecule has 4 aromatic rings. The number of carbonyl (C=O) groups is 1. The number of allylic oxidation sites excluding steroid dienone is 2. The van der Waals surface area contributed by atoms with Crippen molar-refractivity contribution in [3.8, 4) is 16.2 Å². The van der Waals surface area contributed by atoms with Crippen molar-refractivity contribution >= 4 is 50.8 Å². The van der Waals surface area contributed by atoms with Gasteiger partial charge in [-0.1, -0.05) is 23.8 Å². The highest BCUT2D eigenvalue weighted by atomic mass is 35.5. The Balaban J connectivity index is 1.07. The van der Waals surface area contributed by atoms with E-state index in [1.54, 1.807) is 28.6 Å². The molecule has 12 heteroatoms. The summed E-state index contributed by atoms with van der Waals surface area (Å²) in [4.78, 5) is 25.7. The maximum absolute atomic E-state index is 13.7. The monoisotopic (exact) mass is 662 g/mol. The minimum atomic E-state index is -0.975. The number of nitrogens with one attached hydrogen (secondary N) is 1. The topological polar surface area (TPSA) is 94.4 Å². The number of thiophene rings is 1. The third-order valence-corrected chi connectivity index (χ3v) is 9.89. The first-order chi connectivity index (χ1) is 22.1. The van der Waals surface area contributed by atoms with Gasteiger partial charge in [0.1, 0.15) is 41.1 Å². The average molecular weight is 663 g/mol. The van der Waals surface area contributed by atoms with E-state index >= 15 is 0 Å². The van der Waals surface area contributed by atoms with Crippen LogP contribution in [0.3, 0.4) is 0 Å². The van der Waals surface area contributed by atoms with E-state index in [1.165, 1.54) is 10.4 Å². The van der Waals surface area contributed by atoms with Crippen molar-refractivity contribution < 1.29 is 18.7 Å². The second kappa shape index (κ2) is 12.3. The number of carbonyl (C=O) groups excluding carboxylic acids is 1. The Labute approximate surface area is 276 Å².